The number of benzene rings is 2. The van der Waals surface area contributed by atoms with Crippen molar-refractivity contribution in [3.63, 3.8) is 0 Å². The van der Waals surface area contributed by atoms with Crippen molar-refractivity contribution >= 4 is 11.8 Å². The van der Waals surface area contributed by atoms with Crippen LogP contribution in [0.4, 0.5) is 18.0 Å². The Hall–Kier alpha value is -3.27. The van der Waals surface area contributed by atoms with E-state index in [0.717, 1.165) is 5.56 Å². The van der Waals surface area contributed by atoms with Gasteiger partial charge in [-0.2, -0.15) is 13.2 Å². The molecule has 10 heteroatoms. The molecule has 1 saturated heterocycles. The Morgan fingerprint density at radius 3 is 2.23 bits per heavy atom. The number of ketones is 1. The molecular weight excluding hydrogens is 417 g/mol. The van der Waals surface area contributed by atoms with Gasteiger partial charge in [0.15, 0.2) is 17.3 Å². The van der Waals surface area contributed by atoms with Gasteiger partial charge in [-0.25, -0.2) is 4.79 Å². The first-order chi connectivity index (χ1) is 14.5. The highest BCUT2D eigenvalue weighted by atomic mass is 19.4. The molecule has 31 heavy (non-hydrogen) atoms. The number of carbonyl (C=O) groups excluding carboxylic acids is 2. The molecule has 2 aromatic carbocycles. The highest BCUT2D eigenvalue weighted by molar-refractivity contribution is 6.00. The predicted molar refractivity (Wildman–Crippen MR) is 104 cm³/mol. The zero-order valence-corrected chi connectivity index (χ0v) is 16.9. The summed E-state index contributed by atoms with van der Waals surface area (Å²) < 4.78 is 52.2. The summed E-state index contributed by atoms with van der Waals surface area (Å²) in [4.78, 5) is 25.3. The first-order valence-corrected chi connectivity index (χ1v) is 9.22. The number of urea groups is 1. The standard InChI is InChI=1S/C21H21F3N2O5/c1-11-4-6-12(7-5-11)18(27)16-17(13-8-9-14(30-2)15(10-13)31-3)25-19(28)26-20(16,29)21(22,23)24/h4-10,16-17,29H,1-3H3,(H2,25,26,28)/t16-,17-,20-/m0/s1. The second-order valence-electron chi connectivity index (χ2n) is 7.16. The van der Waals surface area contributed by atoms with E-state index in [2.05, 4.69) is 5.32 Å². The second-order valence-corrected chi connectivity index (χ2v) is 7.16. The SMILES string of the molecule is COc1ccc([C@@H]2NC(=O)N[C@@](O)(C(F)(F)F)[C@@H]2C(=O)c2ccc(C)cc2)cc1OC. The number of hydrogen-bond donors (Lipinski definition) is 3. The summed E-state index contributed by atoms with van der Waals surface area (Å²) in [6.45, 7) is 1.76. The third-order valence-electron chi connectivity index (χ3n) is 5.19. The number of alkyl halides is 3. The minimum absolute atomic E-state index is 0.0401. The number of Topliss-reactive ketones (excluding diaryl/α,β-unsaturated/α-hetero) is 1. The van der Waals surface area contributed by atoms with E-state index >= 15 is 0 Å². The van der Waals surface area contributed by atoms with E-state index in [1.165, 1.54) is 49.9 Å². The number of hydrogen-bond acceptors (Lipinski definition) is 5. The smallest absolute Gasteiger partial charge is 0.437 e. The van der Waals surface area contributed by atoms with Gasteiger partial charge in [0, 0.05) is 5.56 Å². The Kier molecular flexibility index (Phi) is 5.86. The number of aliphatic hydroxyl groups is 1. The minimum Gasteiger partial charge on any atom is -0.493 e. The first-order valence-electron chi connectivity index (χ1n) is 9.22. The topological polar surface area (TPSA) is 96.9 Å². The van der Waals surface area contributed by atoms with Crippen LogP contribution in [-0.4, -0.2) is 43.0 Å². The summed E-state index contributed by atoms with van der Waals surface area (Å²) in [7, 11) is 2.72. The van der Waals surface area contributed by atoms with E-state index in [-0.39, 0.29) is 16.9 Å². The van der Waals surface area contributed by atoms with Crippen molar-refractivity contribution in [2.45, 2.75) is 24.9 Å². The molecule has 7 nitrogen and oxygen atoms in total. The molecule has 0 spiro atoms. The molecule has 0 bridgehead atoms. The first kappa shape index (κ1) is 22.4. The van der Waals surface area contributed by atoms with Crippen LogP contribution in [0, 0.1) is 12.8 Å². The Labute approximate surface area is 176 Å². The van der Waals surface area contributed by atoms with Crippen LogP contribution in [0.5, 0.6) is 11.5 Å². The zero-order valence-electron chi connectivity index (χ0n) is 16.9. The van der Waals surface area contributed by atoms with Crippen molar-refractivity contribution < 1.29 is 37.3 Å². The number of methoxy groups -OCH3 is 2. The monoisotopic (exact) mass is 438 g/mol. The Bertz CT molecular complexity index is 993. The molecule has 2 amide bonds. The van der Waals surface area contributed by atoms with Gasteiger partial charge in [0.1, 0.15) is 5.92 Å². The van der Waals surface area contributed by atoms with Gasteiger partial charge in [0.2, 0.25) is 5.72 Å². The van der Waals surface area contributed by atoms with Crippen molar-refractivity contribution in [1.82, 2.24) is 10.6 Å². The number of aryl methyl sites for hydroxylation is 1. The van der Waals surface area contributed by atoms with Crippen LogP contribution < -0.4 is 20.1 Å². The van der Waals surface area contributed by atoms with Crippen molar-refractivity contribution in [3.05, 3.63) is 59.2 Å². The Balaban J connectivity index is 2.18. The highest BCUT2D eigenvalue weighted by Crippen LogP contribution is 2.45. The number of halogens is 3. The van der Waals surface area contributed by atoms with Crippen LogP contribution in [0.25, 0.3) is 0 Å². The number of rotatable bonds is 5. The molecule has 0 aromatic heterocycles. The summed E-state index contributed by atoms with van der Waals surface area (Å²) in [6, 6.07) is 7.28. The lowest BCUT2D eigenvalue weighted by Gasteiger charge is -2.45. The van der Waals surface area contributed by atoms with Crippen LogP contribution in [0.3, 0.4) is 0 Å². The molecule has 1 fully saturated rings. The maximum atomic E-state index is 14.0. The van der Waals surface area contributed by atoms with Gasteiger partial charge in [0.05, 0.1) is 20.3 Å². The van der Waals surface area contributed by atoms with Crippen LogP contribution in [-0.2, 0) is 0 Å². The molecule has 1 aliphatic heterocycles. The van der Waals surface area contributed by atoms with E-state index in [4.69, 9.17) is 9.47 Å². The molecule has 0 unspecified atom stereocenters. The summed E-state index contributed by atoms with van der Waals surface area (Å²) >= 11 is 0. The van der Waals surface area contributed by atoms with Crippen molar-refractivity contribution in [2.75, 3.05) is 14.2 Å². The number of carbonyl (C=O) groups is 2. The minimum atomic E-state index is -5.33. The van der Waals surface area contributed by atoms with Gasteiger partial charge in [-0.05, 0) is 24.6 Å². The number of nitrogens with one attached hydrogen (secondary N) is 2. The van der Waals surface area contributed by atoms with Crippen LogP contribution >= 0.6 is 0 Å². The van der Waals surface area contributed by atoms with Gasteiger partial charge >= 0.3 is 12.2 Å². The predicted octanol–water partition coefficient (Wildman–Crippen LogP) is 3.12. The van der Waals surface area contributed by atoms with Gasteiger partial charge in [0.25, 0.3) is 0 Å². The molecule has 1 heterocycles. The molecule has 3 atom stereocenters. The third kappa shape index (κ3) is 4.02. The average Bonchev–Trinajstić information content (AvgIpc) is 2.72. The normalized spacial score (nSPS) is 23.5. The summed E-state index contributed by atoms with van der Waals surface area (Å²) in [5, 5.41) is 14.4. The van der Waals surface area contributed by atoms with Crippen molar-refractivity contribution in [2.24, 2.45) is 5.92 Å². The molecule has 1 aliphatic rings. The largest absolute Gasteiger partial charge is 0.493 e. The summed E-state index contributed by atoms with van der Waals surface area (Å²) in [5.74, 6) is -2.62. The summed E-state index contributed by atoms with van der Waals surface area (Å²) in [6.07, 6.45) is -5.33. The van der Waals surface area contributed by atoms with Gasteiger partial charge in [-0.1, -0.05) is 35.9 Å². The summed E-state index contributed by atoms with van der Waals surface area (Å²) in [5.41, 5.74) is -2.91. The van der Waals surface area contributed by atoms with Crippen LogP contribution in [0.15, 0.2) is 42.5 Å². The lowest BCUT2D eigenvalue weighted by molar-refractivity contribution is -0.287. The molecule has 3 N–H and O–H groups in total. The van der Waals surface area contributed by atoms with Gasteiger partial charge in [-0.3, -0.25) is 4.79 Å². The average molecular weight is 438 g/mol. The molecule has 2 aromatic rings. The fraction of sp³-hybridized carbons (Fsp3) is 0.333. The van der Waals surface area contributed by atoms with E-state index in [1.54, 1.807) is 19.1 Å². The van der Waals surface area contributed by atoms with E-state index in [9.17, 15) is 27.9 Å². The quantitative estimate of drug-likeness (QED) is 0.624. The van der Waals surface area contributed by atoms with Crippen molar-refractivity contribution in [3.8, 4) is 11.5 Å². The van der Waals surface area contributed by atoms with Gasteiger partial charge in [-0.15, -0.1) is 0 Å². The van der Waals surface area contributed by atoms with E-state index < -0.39 is 35.7 Å². The zero-order chi connectivity index (χ0) is 23.0. The molecule has 166 valence electrons. The molecule has 0 radical (unpaired) electrons. The molecule has 0 saturated carbocycles. The van der Waals surface area contributed by atoms with Crippen LogP contribution in [0.1, 0.15) is 27.5 Å². The molecular formula is C21H21F3N2O5. The fourth-order valence-electron chi connectivity index (χ4n) is 3.56. The Morgan fingerprint density at radius 2 is 1.68 bits per heavy atom. The number of amides is 2. The van der Waals surface area contributed by atoms with Crippen LogP contribution in [0.2, 0.25) is 0 Å². The lowest BCUT2D eigenvalue weighted by Crippen LogP contribution is -2.72. The maximum absolute atomic E-state index is 14.0. The highest BCUT2D eigenvalue weighted by Gasteiger charge is 2.66. The maximum Gasteiger partial charge on any atom is 0.437 e. The molecule has 0 aliphatic carbocycles. The van der Waals surface area contributed by atoms with E-state index in [1.807, 2.05) is 0 Å². The lowest BCUT2D eigenvalue weighted by atomic mass is 9.77. The van der Waals surface area contributed by atoms with Gasteiger partial charge < -0.3 is 25.2 Å². The van der Waals surface area contributed by atoms with E-state index in [0.29, 0.717) is 5.75 Å². The molecule has 3 rings (SSSR count). The van der Waals surface area contributed by atoms with Crippen molar-refractivity contribution in [1.29, 1.82) is 0 Å². The second kappa shape index (κ2) is 8.10. The fourth-order valence-corrected chi connectivity index (χ4v) is 3.56. The third-order valence-corrected chi connectivity index (χ3v) is 5.19. The Morgan fingerprint density at radius 1 is 1.06 bits per heavy atom. The number of ether oxygens (including phenoxy) is 2.